The Balaban J connectivity index is 2.00. The van der Waals surface area contributed by atoms with Crippen LogP contribution in [0.3, 0.4) is 0 Å². The summed E-state index contributed by atoms with van der Waals surface area (Å²) >= 11 is 5.78. The van der Waals surface area contributed by atoms with Gasteiger partial charge in [0.15, 0.2) is 0 Å². The maximum Gasteiger partial charge on any atom is 0.0709 e. The number of hydrogen-bond donors (Lipinski definition) is 1. The first kappa shape index (κ1) is 10.8. The first-order chi connectivity index (χ1) is 7.75. The number of aryl methyl sites for hydroxylation is 1. The molecule has 0 saturated carbocycles. The smallest absolute Gasteiger partial charge is 0.0709 e. The van der Waals surface area contributed by atoms with Crippen molar-refractivity contribution in [3.8, 4) is 0 Å². The predicted molar refractivity (Wildman–Crippen MR) is 68.1 cm³/mol. The lowest BCUT2D eigenvalue weighted by atomic mass is 10.3. The largest absolute Gasteiger partial charge is 0.350 e. The van der Waals surface area contributed by atoms with Crippen LogP contribution in [0.4, 0.5) is 5.69 Å². The van der Waals surface area contributed by atoms with E-state index in [0.717, 1.165) is 16.4 Å². The van der Waals surface area contributed by atoms with Crippen molar-refractivity contribution in [3.05, 3.63) is 53.3 Å². The lowest BCUT2D eigenvalue weighted by Crippen LogP contribution is -1.95. The van der Waals surface area contributed by atoms with Gasteiger partial charge in [-0.15, -0.1) is 0 Å². The quantitative estimate of drug-likeness (QED) is 0.641. The monoisotopic (exact) mass is 233 g/mol. The third-order valence-electron chi connectivity index (χ3n) is 2.22. The van der Waals surface area contributed by atoms with Crippen LogP contribution < -0.4 is 5.43 Å². The summed E-state index contributed by atoms with van der Waals surface area (Å²) in [6, 6.07) is 11.4. The molecule has 1 N–H and O–H groups in total. The molecule has 1 heterocycles. The first-order valence-electron chi connectivity index (χ1n) is 4.92. The molecule has 1 aromatic heterocycles. The minimum Gasteiger partial charge on any atom is -0.350 e. The van der Waals surface area contributed by atoms with Crippen molar-refractivity contribution in [1.29, 1.82) is 0 Å². The van der Waals surface area contributed by atoms with E-state index in [4.69, 9.17) is 11.6 Å². The minimum absolute atomic E-state index is 0.719. The molecule has 0 saturated heterocycles. The van der Waals surface area contributed by atoms with Crippen LogP contribution >= 0.6 is 11.6 Å². The van der Waals surface area contributed by atoms with Crippen molar-refractivity contribution in [2.45, 2.75) is 0 Å². The Kier molecular flexibility index (Phi) is 3.27. The van der Waals surface area contributed by atoms with Crippen molar-refractivity contribution in [2.24, 2.45) is 12.1 Å². The highest BCUT2D eigenvalue weighted by atomic mass is 35.5. The molecule has 16 heavy (non-hydrogen) atoms. The number of hydrogen-bond acceptors (Lipinski definition) is 2. The molecular formula is C12H12ClN3. The lowest BCUT2D eigenvalue weighted by Gasteiger charge is -2.00. The molecule has 0 bridgehead atoms. The van der Waals surface area contributed by atoms with Gasteiger partial charge in [0.25, 0.3) is 0 Å². The minimum atomic E-state index is 0.719. The zero-order valence-electron chi connectivity index (χ0n) is 8.89. The van der Waals surface area contributed by atoms with Gasteiger partial charge in [-0.3, -0.25) is 5.43 Å². The van der Waals surface area contributed by atoms with Gasteiger partial charge in [0.2, 0.25) is 0 Å². The summed E-state index contributed by atoms with van der Waals surface area (Å²) in [5.41, 5.74) is 4.89. The van der Waals surface area contributed by atoms with Gasteiger partial charge in [0.1, 0.15) is 0 Å². The van der Waals surface area contributed by atoms with E-state index < -0.39 is 0 Å². The fourth-order valence-electron chi connectivity index (χ4n) is 1.31. The molecular weight excluding hydrogens is 222 g/mol. The molecule has 0 aliphatic rings. The highest BCUT2D eigenvalue weighted by molar-refractivity contribution is 6.30. The Morgan fingerprint density at radius 3 is 2.62 bits per heavy atom. The second-order valence-corrected chi connectivity index (χ2v) is 3.86. The van der Waals surface area contributed by atoms with Crippen LogP contribution in [-0.2, 0) is 7.05 Å². The second-order valence-electron chi connectivity index (χ2n) is 3.42. The van der Waals surface area contributed by atoms with Gasteiger partial charge in [-0.25, -0.2) is 0 Å². The summed E-state index contributed by atoms with van der Waals surface area (Å²) in [6.07, 6.45) is 3.75. The summed E-state index contributed by atoms with van der Waals surface area (Å²) < 4.78 is 1.99. The fourth-order valence-corrected chi connectivity index (χ4v) is 1.43. The Bertz CT molecular complexity index is 485. The first-order valence-corrected chi connectivity index (χ1v) is 5.29. The summed E-state index contributed by atoms with van der Waals surface area (Å²) in [4.78, 5) is 0. The molecule has 0 unspecified atom stereocenters. The Labute approximate surface area is 99.4 Å². The average molecular weight is 234 g/mol. The Morgan fingerprint density at radius 1 is 1.25 bits per heavy atom. The van der Waals surface area contributed by atoms with Gasteiger partial charge in [0.05, 0.1) is 17.6 Å². The molecule has 0 atom stereocenters. The van der Waals surface area contributed by atoms with E-state index in [1.165, 1.54) is 0 Å². The number of hydrazone groups is 1. The van der Waals surface area contributed by atoms with Crippen LogP contribution in [0.1, 0.15) is 5.69 Å². The van der Waals surface area contributed by atoms with Crippen LogP contribution in [0.5, 0.6) is 0 Å². The summed E-state index contributed by atoms with van der Waals surface area (Å²) in [5.74, 6) is 0. The Morgan fingerprint density at radius 2 is 2.00 bits per heavy atom. The van der Waals surface area contributed by atoms with Gasteiger partial charge in [-0.2, -0.15) is 5.10 Å². The van der Waals surface area contributed by atoms with Gasteiger partial charge < -0.3 is 4.57 Å². The van der Waals surface area contributed by atoms with Crippen LogP contribution in [0, 0.1) is 0 Å². The van der Waals surface area contributed by atoms with Gasteiger partial charge in [-0.1, -0.05) is 11.6 Å². The van der Waals surface area contributed by atoms with Crippen LogP contribution in [-0.4, -0.2) is 10.8 Å². The number of benzene rings is 1. The molecule has 0 spiro atoms. The van der Waals surface area contributed by atoms with Crippen molar-refractivity contribution in [2.75, 3.05) is 5.43 Å². The molecule has 2 aromatic rings. The molecule has 2 rings (SSSR count). The lowest BCUT2D eigenvalue weighted by molar-refractivity contribution is 0.918. The number of nitrogens with one attached hydrogen (secondary N) is 1. The number of aromatic nitrogens is 1. The van der Waals surface area contributed by atoms with E-state index in [1.807, 2.05) is 54.2 Å². The maximum absolute atomic E-state index is 5.78. The standard InChI is InChI=1S/C12H12ClN3/c1-16-8-2-3-12(16)9-14-15-11-6-4-10(13)5-7-11/h2-9,15H,1H3. The summed E-state index contributed by atoms with van der Waals surface area (Å²) in [6.45, 7) is 0. The number of nitrogens with zero attached hydrogens (tertiary/aromatic N) is 2. The average Bonchev–Trinajstić information content (AvgIpc) is 2.68. The number of rotatable bonds is 3. The molecule has 4 heteroatoms. The van der Waals surface area contributed by atoms with E-state index in [2.05, 4.69) is 10.5 Å². The Hall–Kier alpha value is -1.74. The zero-order chi connectivity index (χ0) is 11.4. The van der Waals surface area contributed by atoms with E-state index >= 15 is 0 Å². The molecule has 0 aliphatic heterocycles. The second kappa shape index (κ2) is 4.86. The van der Waals surface area contributed by atoms with Crippen LogP contribution in [0.25, 0.3) is 0 Å². The normalized spacial score (nSPS) is 10.9. The van der Waals surface area contributed by atoms with E-state index in [-0.39, 0.29) is 0 Å². The maximum atomic E-state index is 5.78. The fraction of sp³-hybridized carbons (Fsp3) is 0.0833. The topological polar surface area (TPSA) is 29.3 Å². The molecule has 0 radical (unpaired) electrons. The highest BCUT2D eigenvalue weighted by Crippen LogP contribution is 2.13. The molecule has 0 amide bonds. The summed E-state index contributed by atoms with van der Waals surface area (Å²) in [7, 11) is 1.98. The molecule has 3 nitrogen and oxygen atoms in total. The molecule has 82 valence electrons. The van der Waals surface area contributed by atoms with E-state index in [0.29, 0.717) is 0 Å². The molecule has 1 aromatic carbocycles. The van der Waals surface area contributed by atoms with Crippen molar-refractivity contribution in [3.63, 3.8) is 0 Å². The molecule has 0 aliphatic carbocycles. The number of halogens is 1. The van der Waals surface area contributed by atoms with E-state index in [1.54, 1.807) is 6.21 Å². The van der Waals surface area contributed by atoms with Crippen molar-refractivity contribution in [1.82, 2.24) is 4.57 Å². The van der Waals surface area contributed by atoms with Crippen molar-refractivity contribution >= 4 is 23.5 Å². The molecule has 0 fully saturated rings. The van der Waals surface area contributed by atoms with Crippen LogP contribution in [0.2, 0.25) is 5.02 Å². The van der Waals surface area contributed by atoms with Crippen molar-refractivity contribution < 1.29 is 0 Å². The van der Waals surface area contributed by atoms with Crippen LogP contribution in [0.15, 0.2) is 47.7 Å². The number of anilines is 1. The highest BCUT2D eigenvalue weighted by Gasteiger charge is 1.92. The zero-order valence-corrected chi connectivity index (χ0v) is 9.65. The third-order valence-corrected chi connectivity index (χ3v) is 2.47. The predicted octanol–water partition coefficient (Wildman–Crippen LogP) is 3.12. The third kappa shape index (κ3) is 2.64. The summed E-state index contributed by atoms with van der Waals surface area (Å²) in [5, 5.41) is 4.86. The van der Waals surface area contributed by atoms with Gasteiger partial charge >= 0.3 is 0 Å². The SMILES string of the molecule is Cn1cccc1C=NNc1ccc(Cl)cc1. The van der Waals surface area contributed by atoms with Gasteiger partial charge in [0, 0.05) is 18.3 Å². The van der Waals surface area contributed by atoms with Gasteiger partial charge in [-0.05, 0) is 36.4 Å². The van der Waals surface area contributed by atoms with E-state index in [9.17, 15) is 0 Å².